The zero-order chi connectivity index (χ0) is 15.1. The number of ether oxygens (including phenoxy) is 1. The van der Waals surface area contributed by atoms with E-state index in [0.717, 1.165) is 17.0 Å². The quantitative estimate of drug-likeness (QED) is 0.497. The van der Waals surface area contributed by atoms with E-state index >= 15 is 0 Å². The first kappa shape index (κ1) is 14.7. The number of nitrogens with zero attached hydrogens (tertiary/aromatic N) is 2. The average molecular weight is 283 g/mol. The molecular weight excluding hydrogens is 266 g/mol. The van der Waals surface area contributed by atoms with Crippen LogP contribution in [0.25, 0.3) is 0 Å². The number of rotatable bonds is 6. The second-order valence-corrected chi connectivity index (χ2v) is 4.49. The van der Waals surface area contributed by atoms with Crippen molar-refractivity contribution in [3.05, 3.63) is 59.7 Å². The lowest BCUT2D eigenvalue weighted by molar-refractivity contribution is 0.101. The van der Waals surface area contributed by atoms with Crippen LogP contribution in [0.3, 0.4) is 0 Å². The molecule has 5 nitrogen and oxygen atoms in total. The Kier molecular flexibility index (Phi) is 5.04. The van der Waals surface area contributed by atoms with Gasteiger partial charge in [-0.3, -0.25) is 10.2 Å². The number of methoxy groups -OCH3 is 1. The smallest absolute Gasteiger partial charge is 0.159 e. The molecule has 0 aromatic heterocycles. The first-order chi connectivity index (χ1) is 10.2. The van der Waals surface area contributed by atoms with Gasteiger partial charge >= 0.3 is 0 Å². The van der Waals surface area contributed by atoms with E-state index in [1.54, 1.807) is 31.4 Å². The monoisotopic (exact) mass is 283 g/mol. The fourth-order valence-electron chi connectivity index (χ4n) is 1.72. The molecule has 0 radical (unpaired) electrons. The number of carbonyl (C=O) groups excluding carboxylic acids is 1. The third-order valence-electron chi connectivity index (χ3n) is 2.95. The summed E-state index contributed by atoms with van der Waals surface area (Å²) in [5.74, 6) is 0.863. The van der Waals surface area contributed by atoms with Crippen molar-refractivity contribution in [2.45, 2.75) is 13.5 Å². The van der Waals surface area contributed by atoms with E-state index in [9.17, 15) is 4.79 Å². The summed E-state index contributed by atoms with van der Waals surface area (Å²) in [5.41, 5.74) is 5.34. The van der Waals surface area contributed by atoms with Crippen LogP contribution in [0.2, 0.25) is 0 Å². The predicted octanol–water partition coefficient (Wildman–Crippen LogP) is 3.88. The second-order valence-electron chi connectivity index (χ2n) is 4.49. The van der Waals surface area contributed by atoms with Gasteiger partial charge in [0.25, 0.3) is 0 Å². The van der Waals surface area contributed by atoms with Crippen LogP contribution in [0.5, 0.6) is 5.75 Å². The summed E-state index contributed by atoms with van der Waals surface area (Å²) >= 11 is 0. The van der Waals surface area contributed by atoms with Gasteiger partial charge in [-0.1, -0.05) is 17.4 Å². The van der Waals surface area contributed by atoms with E-state index in [-0.39, 0.29) is 5.78 Å². The topological polar surface area (TPSA) is 63.1 Å². The van der Waals surface area contributed by atoms with Gasteiger partial charge < -0.3 is 4.74 Å². The summed E-state index contributed by atoms with van der Waals surface area (Å²) in [6, 6.07) is 14.8. The molecule has 2 rings (SSSR count). The summed E-state index contributed by atoms with van der Waals surface area (Å²) in [6.45, 7) is 2.03. The Balaban J connectivity index is 1.85. The number of nitrogens with one attached hydrogen (secondary N) is 1. The van der Waals surface area contributed by atoms with Gasteiger partial charge in [-0.2, -0.15) is 5.11 Å². The molecule has 0 unspecified atom stereocenters. The number of carbonyl (C=O) groups is 1. The SMILES string of the molecule is COc1ccc(CN=NNc2ccc(C(C)=O)cc2)cc1. The lowest BCUT2D eigenvalue weighted by Crippen LogP contribution is -1.93. The molecule has 0 saturated heterocycles. The highest BCUT2D eigenvalue weighted by Crippen LogP contribution is 2.13. The lowest BCUT2D eigenvalue weighted by Gasteiger charge is -2.01. The molecule has 2 aromatic rings. The summed E-state index contributed by atoms with van der Waals surface area (Å²) in [5, 5.41) is 7.97. The van der Waals surface area contributed by atoms with Gasteiger partial charge in [0.2, 0.25) is 0 Å². The van der Waals surface area contributed by atoms with Crippen LogP contribution in [-0.2, 0) is 6.54 Å². The fourth-order valence-corrected chi connectivity index (χ4v) is 1.72. The van der Waals surface area contributed by atoms with E-state index in [0.29, 0.717) is 12.1 Å². The molecule has 0 bridgehead atoms. The van der Waals surface area contributed by atoms with Gasteiger partial charge in [-0.15, -0.1) is 0 Å². The zero-order valence-electron chi connectivity index (χ0n) is 12.0. The summed E-state index contributed by atoms with van der Waals surface area (Å²) in [7, 11) is 1.63. The first-order valence-electron chi connectivity index (χ1n) is 6.55. The molecule has 21 heavy (non-hydrogen) atoms. The standard InChI is InChI=1S/C16H17N3O2/c1-12(20)14-5-7-15(8-6-14)18-19-17-11-13-3-9-16(21-2)10-4-13/h3-10H,11H2,1-2H3,(H,17,18). The maximum Gasteiger partial charge on any atom is 0.159 e. The van der Waals surface area contributed by atoms with Gasteiger partial charge in [0.15, 0.2) is 5.78 Å². The fraction of sp³-hybridized carbons (Fsp3) is 0.188. The van der Waals surface area contributed by atoms with Crippen molar-refractivity contribution in [1.82, 2.24) is 0 Å². The van der Waals surface area contributed by atoms with E-state index in [2.05, 4.69) is 15.8 Å². The molecule has 0 amide bonds. The number of anilines is 1. The molecule has 1 N–H and O–H groups in total. The van der Waals surface area contributed by atoms with Gasteiger partial charge in [0.05, 0.1) is 19.3 Å². The number of benzene rings is 2. The Morgan fingerprint density at radius 2 is 1.76 bits per heavy atom. The van der Waals surface area contributed by atoms with Crippen LogP contribution < -0.4 is 10.2 Å². The highest BCUT2D eigenvalue weighted by Gasteiger charge is 1.98. The van der Waals surface area contributed by atoms with Crippen LogP contribution in [0.15, 0.2) is 58.9 Å². The minimum absolute atomic E-state index is 0.0442. The maximum absolute atomic E-state index is 11.1. The third kappa shape index (κ3) is 4.42. The number of hydrogen-bond donors (Lipinski definition) is 1. The van der Waals surface area contributed by atoms with Crippen LogP contribution in [0.1, 0.15) is 22.8 Å². The lowest BCUT2D eigenvalue weighted by atomic mass is 10.1. The van der Waals surface area contributed by atoms with Crippen molar-refractivity contribution in [2.75, 3.05) is 12.5 Å². The van der Waals surface area contributed by atoms with Gasteiger partial charge in [-0.05, 0) is 48.9 Å². The normalized spacial score (nSPS) is 10.6. The van der Waals surface area contributed by atoms with Crippen LogP contribution in [-0.4, -0.2) is 12.9 Å². The molecule has 0 aliphatic carbocycles. The minimum atomic E-state index is 0.0442. The molecule has 0 atom stereocenters. The summed E-state index contributed by atoms with van der Waals surface area (Å²) < 4.78 is 5.09. The van der Waals surface area contributed by atoms with Crippen molar-refractivity contribution in [3.63, 3.8) is 0 Å². The van der Waals surface area contributed by atoms with Gasteiger partial charge in [-0.25, -0.2) is 0 Å². The van der Waals surface area contributed by atoms with Crippen molar-refractivity contribution in [2.24, 2.45) is 10.3 Å². The molecule has 5 heteroatoms. The van der Waals surface area contributed by atoms with Crippen LogP contribution in [0.4, 0.5) is 5.69 Å². The van der Waals surface area contributed by atoms with Crippen molar-refractivity contribution in [3.8, 4) is 5.75 Å². The van der Waals surface area contributed by atoms with E-state index in [1.165, 1.54) is 6.92 Å². The average Bonchev–Trinajstić information content (AvgIpc) is 2.52. The third-order valence-corrected chi connectivity index (χ3v) is 2.95. The maximum atomic E-state index is 11.1. The molecule has 2 aromatic carbocycles. The Labute approximate surface area is 123 Å². The minimum Gasteiger partial charge on any atom is -0.497 e. The second kappa shape index (κ2) is 7.19. The number of Topliss-reactive ketones (excluding diaryl/α,β-unsaturated/α-hetero) is 1. The molecule has 0 spiro atoms. The first-order valence-corrected chi connectivity index (χ1v) is 6.55. The van der Waals surface area contributed by atoms with Gasteiger partial charge in [0.1, 0.15) is 5.75 Å². The molecular formula is C16H17N3O2. The van der Waals surface area contributed by atoms with Crippen LogP contribution in [0, 0.1) is 0 Å². The van der Waals surface area contributed by atoms with Crippen LogP contribution >= 0.6 is 0 Å². The van der Waals surface area contributed by atoms with E-state index < -0.39 is 0 Å². The Morgan fingerprint density at radius 3 is 2.33 bits per heavy atom. The molecule has 0 aliphatic heterocycles. The van der Waals surface area contributed by atoms with Crippen molar-refractivity contribution in [1.29, 1.82) is 0 Å². The molecule has 0 saturated carbocycles. The molecule has 108 valence electrons. The highest BCUT2D eigenvalue weighted by molar-refractivity contribution is 5.94. The molecule has 0 aliphatic rings. The van der Waals surface area contributed by atoms with E-state index in [1.807, 2.05) is 24.3 Å². The number of ketones is 1. The predicted molar refractivity (Wildman–Crippen MR) is 81.6 cm³/mol. The van der Waals surface area contributed by atoms with E-state index in [4.69, 9.17) is 4.74 Å². The Hall–Kier alpha value is -2.69. The zero-order valence-corrected chi connectivity index (χ0v) is 12.0. The Morgan fingerprint density at radius 1 is 1.10 bits per heavy atom. The van der Waals surface area contributed by atoms with Gasteiger partial charge in [0, 0.05) is 5.56 Å². The Bertz CT molecular complexity index is 619. The largest absolute Gasteiger partial charge is 0.497 e. The summed E-state index contributed by atoms with van der Waals surface area (Å²) in [4.78, 5) is 11.1. The highest BCUT2D eigenvalue weighted by atomic mass is 16.5. The van der Waals surface area contributed by atoms with Crippen molar-refractivity contribution < 1.29 is 9.53 Å². The molecule has 0 fully saturated rings. The number of hydrogen-bond acceptors (Lipinski definition) is 4. The van der Waals surface area contributed by atoms with Crippen molar-refractivity contribution >= 4 is 11.5 Å². The summed E-state index contributed by atoms with van der Waals surface area (Å²) in [6.07, 6.45) is 0. The molecule has 0 heterocycles.